The SMILES string of the molecule is O=C1C(c2ccccc2)C(c2ccccc2)C(=O)N1OS(=O)(=O)C(F)(F)F. The number of halogens is 3. The molecule has 2 amide bonds. The number of nitrogens with zero attached hydrogens (tertiary/aromatic N) is 1. The minimum absolute atomic E-state index is 0.307. The second-order valence-electron chi connectivity index (χ2n) is 5.72. The van der Waals surface area contributed by atoms with Crippen LogP contribution in [0.5, 0.6) is 0 Å². The van der Waals surface area contributed by atoms with Gasteiger partial charge in [0, 0.05) is 0 Å². The number of carbonyl (C=O) groups excluding carboxylic acids is 2. The first-order valence-corrected chi connectivity index (χ1v) is 9.03. The van der Waals surface area contributed by atoms with Crippen molar-refractivity contribution < 1.29 is 35.5 Å². The normalized spacial score (nSPS) is 20.9. The summed E-state index contributed by atoms with van der Waals surface area (Å²) >= 11 is 0. The second kappa shape index (κ2) is 6.78. The predicted octanol–water partition coefficient (Wildman–Crippen LogP) is 2.70. The Morgan fingerprint density at radius 2 is 1.15 bits per heavy atom. The highest BCUT2D eigenvalue weighted by atomic mass is 32.2. The van der Waals surface area contributed by atoms with Gasteiger partial charge in [-0.15, -0.1) is 9.35 Å². The summed E-state index contributed by atoms with van der Waals surface area (Å²) in [5.74, 6) is -4.81. The van der Waals surface area contributed by atoms with E-state index in [2.05, 4.69) is 4.28 Å². The van der Waals surface area contributed by atoms with Gasteiger partial charge in [-0.25, -0.2) is 0 Å². The Bertz CT molecular complexity index is 904. The molecule has 0 aromatic heterocycles. The number of hydrogen-bond acceptors (Lipinski definition) is 5. The predicted molar refractivity (Wildman–Crippen MR) is 86.3 cm³/mol. The molecule has 2 atom stereocenters. The fraction of sp³-hybridized carbons (Fsp3) is 0.176. The van der Waals surface area contributed by atoms with Crippen LogP contribution in [0.25, 0.3) is 0 Å². The minimum Gasteiger partial charge on any atom is -0.271 e. The summed E-state index contributed by atoms with van der Waals surface area (Å²) in [6.07, 6.45) is 0. The number of benzene rings is 2. The Labute approximate surface area is 152 Å². The molecule has 0 radical (unpaired) electrons. The summed E-state index contributed by atoms with van der Waals surface area (Å²) in [7, 11) is -6.17. The largest absolute Gasteiger partial charge is 0.525 e. The number of hydroxylamine groups is 2. The lowest BCUT2D eigenvalue weighted by molar-refractivity contribution is -0.167. The number of carbonyl (C=O) groups is 2. The zero-order chi connectivity index (χ0) is 19.8. The molecule has 6 nitrogen and oxygen atoms in total. The van der Waals surface area contributed by atoms with Crippen molar-refractivity contribution in [2.75, 3.05) is 0 Å². The van der Waals surface area contributed by atoms with Crippen molar-refractivity contribution >= 4 is 21.9 Å². The van der Waals surface area contributed by atoms with Gasteiger partial charge in [-0.05, 0) is 11.1 Å². The Morgan fingerprint density at radius 3 is 1.48 bits per heavy atom. The van der Waals surface area contributed by atoms with Crippen LogP contribution in [-0.4, -0.2) is 30.8 Å². The summed E-state index contributed by atoms with van der Waals surface area (Å²) in [6, 6.07) is 15.8. The van der Waals surface area contributed by atoms with Crippen LogP contribution in [-0.2, 0) is 24.0 Å². The molecule has 1 saturated heterocycles. The monoisotopic (exact) mass is 399 g/mol. The van der Waals surface area contributed by atoms with Crippen molar-refractivity contribution in [1.29, 1.82) is 0 Å². The zero-order valence-corrected chi connectivity index (χ0v) is 14.3. The summed E-state index contributed by atoms with van der Waals surface area (Å²) in [5.41, 5.74) is -5.08. The van der Waals surface area contributed by atoms with Gasteiger partial charge in [0.1, 0.15) is 0 Å². The van der Waals surface area contributed by atoms with E-state index < -0.39 is 39.3 Å². The van der Waals surface area contributed by atoms with E-state index in [1.165, 1.54) is 24.3 Å². The highest BCUT2D eigenvalue weighted by molar-refractivity contribution is 7.87. The van der Waals surface area contributed by atoms with Gasteiger partial charge in [0.25, 0.3) is 11.8 Å². The molecule has 10 heteroatoms. The first-order chi connectivity index (χ1) is 12.6. The third-order valence-electron chi connectivity index (χ3n) is 4.04. The molecule has 1 aliphatic rings. The van der Waals surface area contributed by atoms with Gasteiger partial charge in [0.15, 0.2) is 0 Å². The Kier molecular flexibility index (Phi) is 4.79. The van der Waals surface area contributed by atoms with Crippen molar-refractivity contribution in [3.8, 4) is 0 Å². The van der Waals surface area contributed by atoms with Crippen LogP contribution in [0.1, 0.15) is 23.0 Å². The van der Waals surface area contributed by atoms with Crippen LogP contribution < -0.4 is 0 Å². The zero-order valence-electron chi connectivity index (χ0n) is 13.5. The molecule has 1 fully saturated rings. The summed E-state index contributed by atoms with van der Waals surface area (Å²) in [4.78, 5) is 25.3. The number of hydrogen-bond donors (Lipinski definition) is 0. The molecule has 1 aliphatic heterocycles. The summed E-state index contributed by atoms with van der Waals surface area (Å²) in [5, 5.41) is -0.307. The van der Waals surface area contributed by atoms with E-state index in [-0.39, 0.29) is 5.06 Å². The van der Waals surface area contributed by atoms with Crippen LogP contribution in [0.3, 0.4) is 0 Å². The van der Waals surface area contributed by atoms with Crippen molar-refractivity contribution in [2.24, 2.45) is 0 Å². The van der Waals surface area contributed by atoms with Crippen LogP contribution in [0.2, 0.25) is 0 Å². The molecule has 0 N–H and O–H groups in total. The fourth-order valence-corrected chi connectivity index (χ4v) is 3.28. The van der Waals surface area contributed by atoms with Crippen molar-refractivity contribution in [1.82, 2.24) is 5.06 Å². The van der Waals surface area contributed by atoms with Crippen LogP contribution in [0, 0.1) is 0 Å². The third kappa shape index (κ3) is 3.45. The molecule has 0 aliphatic carbocycles. The molecule has 0 saturated carbocycles. The van der Waals surface area contributed by atoms with Gasteiger partial charge in [0.05, 0.1) is 11.8 Å². The lowest BCUT2D eigenvalue weighted by Crippen LogP contribution is -2.38. The van der Waals surface area contributed by atoms with E-state index in [1.54, 1.807) is 36.4 Å². The van der Waals surface area contributed by atoms with Gasteiger partial charge in [0.2, 0.25) is 0 Å². The molecule has 2 unspecified atom stereocenters. The van der Waals surface area contributed by atoms with E-state index in [4.69, 9.17) is 0 Å². The van der Waals surface area contributed by atoms with E-state index in [9.17, 15) is 31.2 Å². The lowest BCUT2D eigenvalue weighted by atomic mass is 9.83. The second-order valence-corrected chi connectivity index (χ2v) is 7.24. The topological polar surface area (TPSA) is 80.8 Å². The first-order valence-electron chi connectivity index (χ1n) is 7.62. The molecule has 1 heterocycles. The Morgan fingerprint density at radius 1 is 0.778 bits per heavy atom. The van der Waals surface area contributed by atoms with Gasteiger partial charge >= 0.3 is 15.6 Å². The Balaban J connectivity index is 2.07. The van der Waals surface area contributed by atoms with E-state index in [1.807, 2.05) is 0 Å². The van der Waals surface area contributed by atoms with Gasteiger partial charge in [-0.2, -0.15) is 21.6 Å². The number of alkyl halides is 3. The molecule has 0 bridgehead atoms. The maximum Gasteiger partial charge on any atom is 0.525 e. The van der Waals surface area contributed by atoms with Gasteiger partial charge in [-0.1, -0.05) is 60.7 Å². The molecular formula is C17H12F3NO5S. The molecular weight excluding hydrogens is 387 g/mol. The highest BCUT2D eigenvalue weighted by Gasteiger charge is 2.56. The number of amides is 2. The lowest BCUT2D eigenvalue weighted by Gasteiger charge is -2.15. The first kappa shape index (κ1) is 19.1. The fourth-order valence-electron chi connectivity index (χ4n) is 2.85. The smallest absolute Gasteiger partial charge is 0.271 e. The van der Waals surface area contributed by atoms with Crippen molar-refractivity contribution in [2.45, 2.75) is 17.3 Å². The number of imide groups is 1. The van der Waals surface area contributed by atoms with Gasteiger partial charge < -0.3 is 0 Å². The number of rotatable bonds is 4. The molecule has 3 rings (SSSR count). The molecule has 142 valence electrons. The van der Waals surface area contributed by atoms with Crippen LogP contribution >= 0.6 is 0 Å². The summed E-state index contributed by atoms with van der Waals surface area (Å²) < 4.78 is 64.3. The van der Waals surface area contributed by atoms with E-state index in [0.29, 0.717) is 11.1 Å². The van der Waals surface area contributed by atoms with Gasteiger partial charge in [-0.3, -0.25) is 9.59 Å². The van der Waals surface area contributed by atoms with Crippen LogP contribution in [0.4, 0.5) is 13.2 Å². The standard InChI is InChI=1S/C17H12F3NO5S/c18-17(19,20)27(24,25)26-21-15(22)13(11-7-3-1-4-8-11)14(16(21)23)12-9-5-2-6-10-12/h1-10,13-14H. The maximum atomic E-state index is 12.7. The quantitative estimate of drug-likeness (QED) is 0.583. The third-order valence-corrected chi connectivity index (χ3v) is 4.95. The molecule has 27 heavy (non-hydrogen) atoms. The minimum atomic E-state index is -6.17. The van der Waals surface area contributed by atoms with Crippen molar-refractivity contribution in [3.63, 3.8) is 0 Å². The van der Waals surface area contributed by atoms with Crippen LogP contribution in [0.15, 0.2) is 60.7 Å². The molecule has 2 aromatic carbocycles. The Hall–Kier alpha value is -2.72. The summed E-state index contributed by atoms with van der Waals surface area (Å²) in [6.45, 7) is 0. The average molecular weight is 399 g/mol. The van der Waals surface area contributed by atoms with E-state index in [0.717, 1.165) is 0 Å². The highest BCUT2D eigenvalue weighted by Crippen LogP contribution is 2.42. The molecule has 2 aromatic rings. The van der Waals surface area contributed by atoms with E-state index >= 15 is 0 Å². The van der Waals surface area contributed by atoms with Crippen molar-refractivity contribution in [3.05, 3.63) is 71.8 Å². The molecule has 0 spiro atoms. The maximum absolute atomic E-state index is 12.7. The average Bonchev–Trinajstić information content (AvgIpc) is 2.86.